The fourth-order valence-corrected chi connectivity index (χ4v) is 6.70. The van der Waals surface area contributed by atoms with Crippen molar-refractivity contribution in [2.45, 2.75) is 31.8 Å². The van der Waals surface area contributed by atoms with Gasteiger partial charge in [0.2, 0.25) is 0 Å². The summed E-state index contributed by atoms with van der Waals surface area (Å²) in [5, 5.41) is 20.9. The van der Waals surface area contributed by atoms with E-state index in [1.807, 2.05) is 4.98 Å². The van der Waals surface area contributed by atoms with Gasteiger partial charge in [-0.25, -0.2) is 18.5 Å². The van der Waals surface area contributed by atoms with Crippen molar-refractivity contribution in [3.8, 4) is 5.75 Å². The molecule has 0 aliphatic carbocycles. The maximum Gasteiger partial charge on any atom is 0.548 e. The smallest absolute Gasteiger partial charge is 0.403 e. The maximum absolute atomic E-state index is 12.8. The molecule has 38 heavy (non-hydrogen) atoms. The Kier molecular flexibility index (Phi) is 8.92. The van der Waals surface area contributed by atoms with Gasteiger partial charge in [0.05, 0.1) is 17.6 Å². The molecule has 5 N–H and O–H groups in total. The largest absolute Gasteiger partial charge is 0.548 e. The zero-order valence-corrected chi connectivity index (χ0v) is 21.6. The number of hydrogen-bond donors (Lipinski definition) is 5. The predicted molar refractivity (Wildman–Crippen MR) is 122 cm³/mol. The number of rotatable bonds is 11. The molecule has 0 amide bonds. The molecule has 0 bridgehead atoms. The second-order valence-electron chi connectivity index (χ2n) is 7.62. The first-order valence-electron chi connectivity index (χ1n) is 10.1. The average Bonchev–Trinajstić information content (AvgIpc) is 3.13. The van der Waals surface area contributed by atoms with E-state index in [0.717, 1.165) is 28.8 Å². The minimum Gasteiger partial charge on any atom is -0.403 e. The number of aromatic nitrogens is 2. The highest BCUT2D eigenvalue weighted by Gasteiger charge is 2.46. The molecule has 1 aliphatic heterocycles. The van der Waals surface area contributed by atoms with Crippen LogP contribution in [0.3, 0.4) is 0 Å². The summed E-state index contributed by atoms with van der Waals surface area (Å²) in [5.41, 5.74) is -1.77. The summed E-state index contributed by atoms with van der Waals surface area (Å²) < 4.78 is 60.4. The summed E-state index contributed by atoms with van der Waals surface area (Å²) in [5.74, 6) is -0.564. The van der Waals surface area contributed by atoms with Crippen LogP contribution in [0.2, 0.25) is 0 Å². The molecule has 1 saturated heterocycles. The van der Waals surface area contributed by atoms with Crippen LogP contribution in [0.1, 0.15) is 18.2 Å². The van der Waals surface area contributed by atoms with Crippen molar-refractivity contribution >= 4 is 29.2 Å². The van der Waals surface area contributed by atoms with Gasteiger partial charge < -0.3 is 29.0 Å². The number of aryl methyl sites for hydroxylation is 1. The lowest BCUT2D eigenvalue weighted by molar-refractivity contribution is -0.384. The minimum absolute atomic E-state index is 0.157. The molecule has 5 atom stereocenters. The normalized spacial score (nSPS) is 22.9. The Morgan fingerprint density at radius 1 is 1.16 bits per heavy atom. The zero-order chi connectivity index (χ0) is 28.5. The number of non-ortho nitro benzene ring substituents is 1. The minimum atomic E-state index is -5.67. The van der Waals surface area contributed by atoms with E-state index in [9.17, 15) is 43.4 Å². The first-order chi connectivity index (χ1) is 17.5. The molecule has 0 saturated carbocycles. The molecule has 210 valence electrons. The van der Waals surface area contributed by atoms with Crippen molar-refractivity contribution < 1.29 is 60.8 Å². The van der Waals surface area contributed by atoms with Crippen molar-refractivity contribution in [1.82, 2.24) is 9.55 Å². The van der Waals surface area contributed by atoms with E-state index in [1.54, 1.807) is 0 Å². The lowest BCUT2D eigenvalue weighted by Crippen LogP contribution is -2.33. The quantitative estimate of drug-likeness (QED) is 0.135. The van der Waals surface area contributed by atoms with Gasteiger partial charge in [-0.15, -0.1) is 0 Å². The Morgan fingerprint density at radius 2 is 1.79 bits per heavy atom. The molecule has 19 nitrogen and oxygen atoms in total. The van der Waals surface area contributed by atoms with E-state index < -0.39 is 76.1 Å². The molecule has 22 heteroatoms. The van der Waals surface area contributed by atoms with Gasteiger partial charge in [0.1, 0.15) is 18.1 Å². The van der Waals surface area contributed by atoms with Gasteiger partial charge in [-0.1, -0.05) is 0 Å². The van der Waals surface area contributed by atoms with Crippen LogP contribution < -0.4 is 15.8 Å². The Bertz CT molecular complexity index is 1450. The van der Waals surface area contributed by atoms with Crippen molar-refractivity contribution in [1.29, 1.82) is 0 Å². The molecule has 2 aromatic rings. The van der Waals surface area contributed by atoms with E-state index >= 15 is 0 Å². The van der Waals surface area contributed by atoms with Crippen LogP contribution in [0.4, 0.5) is 5.69 Å². The number of H-pyrrole nitrogens is 1. The van der Waals surface area contributed by atoms with Crippen LogP contribution in [0.25, 0.3) is 0 Å². The lowest BCUT2D eigenvalue weighted by atomic mass is 10.2. The summed E-state index contributed by atoms with van der Waals surface area (Å²) >= 11 is 0. The van der Waals surface area contributed by atoms with Gasteiger partial charge in [-0.05, 0) is 19.1 Å². The van der Waals surface area contributed by atoms with Crippen LogP contribution in [0.5, 0.6) is 5.75 Å². The van der Waals surface area contributed by atoms with E-state index in [-0.39, 0.29) is 12.0 Å². The predicted octanol–water partition coefficient (Wildman–Crippen LogP) is 0.832. The summed E-state index contributed by atoms with van der Waals surface area (Å²) in [6.45, 7) is 0.493. The molecule has 0 radical (unpaired) electrons. The third kappa shape index (κ3) is 7.99. The summed E-state index contributed by atoms with van der Waals surface area (Å²) in [6, 6.07) is 3.39. The van der Waals surface area contributed by atoms with Crippen LogP contribution in [0, 0.1) is 17.0 Å². The van der Waals surface area contributed by atoms with Gasteiger partial charge in [0.15, 0.2) is 0 Å². The monoisotopic (exact) mass is 603 g/mol. The highest BCUT2D eigenvalue weighted by atomic mass is 31.3. The van der Waals surface area contributed by atoms with E-state index in [1.165, 1.54) is 13.1 Å². The first kappa shape index (κ1) is 30.0. The Morgan fingerprint density at radius 3 is 2.37 bits per heavy atom. The van der Waals surface area contributed by atoms with Crippen LogP contribution in [0.15, 0.2) is 40.1 Å². The van der Waals surface area contributed by atoms with Crippen LogP contribution in [-0.4, -0.2) is 53.1 Å². The fourth-order valence-electron chi connectivity index (χ4n) is 3.09. The molecule has 1 aromatic heterocycles. The molecule has 1 aliphatic rings. The number of nitro benzene ring substituents is 1. The van der Waals surface area contributed by atoms with E-state index in [0.29, 0.717) is 0 Å². The molecule has 1 aromatic carbocycles. The molecule has 3 rings (SSSR count). The van der Waals surface area contributed by atoms with Crippen molar-refractivity contribution in [3.63, 3.8) is 0 Å². The zero-order valence-electron chi connectivity index (χ0n) is 19.0. The standard InChI is InChI=1S/C16H20N3O16P3/c1-9-7-18(16(22)17-15(9)21)14-6-12(20)13(32-14)8-31-37(28,29)35-38(30,34-36(25,26)27)33-11-4-2-10(3-5-11)19(23)24/h2-5,7,12-14,20H,6,8H2,1H3,(H,28,29)(H,17,21,22)(H2,25,26,27)/t12-,13+,14+,38?/m0/s1. The molecule has 2 heterocycles. The molecule has 1 fully saturated rings. The molecular weight excluding hydrogens is 583 g/mol. The number of aliphatic hydroxyl groups is 1. The van der Waals surface area contributed by atoms with E-state index in [2.05, 4.69) is 17.7 Å². The fraction of sp³-hybridized carbons (Fsp3) is 0.375. The van der Waals surface area contributed by atoms with Gasteiger partial charge >= 0.3 is 29.2 Å². The SMILES string of the molecule is Cc1cn([C@H]2C[C@H](O)[C@@H](COP(=O)(O)OP(=O)(Oc3ccc([N+](=O)[O-])cc3)OP(=O)(O)O)O2)c(=O)[nH]c1=O. The summed E-state index contributed by atoms with van der Waals surface area (Å²) in [7, 11) is -16.8. The van der Waals surface area contributed by atoms with E-state index in [4.69, 9.17) is 14.5 Å². The number of nitro groups is 1. The number of phosphoric acid groups is 3. The highest BCUT2D eigenvalue weighted by molar-refractivity contribution is 7.67. The van der Waals surface area contributed by atoms with Gasteiger partial charge in [-0.2, -0.15) is 8.62 Å². The second kappa shape index (κ2) is 11.3. The van der Waals surface area contributed by atoms with Gasteiger partial charge in [-0.3, -0.25) is 29.0 Å². The topological polar surface area (TPSA) is 276 Å². The number of nitrogens with zero attached hydrogens (tertiary/aromatic N) is 2. The number of nitrogens with one attached hydrogen (secondary N) is 1. The Balaban J connectivity index is 1.71. The Hall–Kier alpha value is -2.53. The molecule has 2 unspecified atom stereocenters. The number of aromatic amines is 1. The third-order valence-corrected chi connectivity index (χ3v) is 8.92. The second-order valence-corrected chi connectivity index (χ2v) is 12.2. The van der Waals surface area contributed by atoms with Crippen molar-refractivity contribution in [3.05, 3.63) is 67.0 Å². The summed E-state index contributed by atoms with van der Waals surface area (Å²) in [6.07, 6.45) is -2.88. The number of ether oxygens (including phenoxy) is 1. The Labute approximate surface area is 211 Å². The number of benzene rings is 1. The van der Waals surface area contributed by atoms with Crippen molar-refractivity contribution in [2.75, 3.05) is 6.61 Å². The number of hydrogen-bond acceptors (Lipinski definition) is 13. The van der Waals surface area contributed by atoms with Crippen molar-refractivity contribution in [2.24, 2.45) is 0 Å². The van der Waals surface area contributed by atoms with Gasteiger partial charge in [0.25, 0.3) is 11.2 Å². The third-order valence-electron chi connectivity index (χ3n) is 4.74. The number of aliphatic hydroxyl groups excluding tert-OH is 1. The van der Waals surface area contributed by atoms with Gasteiger partial charge in [0, 0.05) is 30.3 Å². The maximum atomic E-state index is 12.8. The molecule has 0 spiro atoms. The van der Waals surface area contributed by atoms with Crippen LogP contribution >= 0.6 is 23.5 Å². The summed E-state index contributed by atoms with van der Waals surface area (Å²) in [4.78, 5) is 63.6. The average molecular weight is 603 g/mol. The van der Waals surface area contributed by atoms with Crippen LogP contribution in [-0.2, 0) is 31.6 Å². The number of phosphoric ester groups is 1. The first-order valence-corrected chi connectivity index (χ1v) is 14.6. The lowest BCUT2D eigenvalue weighted by Gasteiger charge is -2.22. The highest BCUT2D eigenvalue weighted by Crippen LogP contribution is 2.68. The molecular formula is C16H20N3O16P3.